The van der Waals surface area contributed by atoms with Crippen LogP contribution in [0.3, 0.4) is 0 Å². The molecule has 3 N–H and O–H groups in total. The lowest BCUT2D eigenvalue weighted by atomic mass is 9.75. The maximum atomic E-state index is 12.9. The van der Waals surface area contributed by atoms with E-state index in [1.54, 1.807) is 6.92 Å². The third kappa shape index (κ3) is 4.51. The first-order valence-corrected chi connectivity index (χ1v) is 11.3. The predicted molar refractivity (Wildman–Crippen MR) is 112 cm³/mol. The minimum Gasteiger partial charge on any atom is -0.327 e. The summed E-state index contributed by atoms with van der Waals surface area (Å²) in [6, 6.07) is 9.31. The molecule has 1 aromatic carbocycles. The summed E-state index contributed by atoms with van der Waals surface area (Å²) in [5.41, 5.74) is 2.67. The molecule has 7 heteroatoms. The summed E-state index contributed by atoms with van der Waals surface area (Å²) < 4.78 is 0. The van der Waals surface area contributed by atoms with E-state index in [1.807, 2.05) is 30.3 Å². The van der Waals surface area contributed by atoms with Crippen molar-refractivity contribution in [1.29, 1.82) is 0 Å². The van der Waals surface area contributed by atoms with Crippen LogP contribution in [0.25, 0.3) is 0 Å². The molecular weight excluding hydrogens is 380 g/mol. The van der Waals surface area contributed by atoms with E-state index in [0.717, 1.165) is 29.6 Å². The van der Waals surface area contributed by atoms with Crippen molar-refractivity contribution in [1.82, 2.24) is 15.8 Å². The van der Waals surface area contributed by atoms with Crippen LogP contribution in [0.2, 0.25) is 0 Å². The number of nitrogens with zero attached hydrogens (tertiary/aromatic N) is 1. The van der Waals surface area contributed by atoms with Gasteiger partial charge in [0.25, 0.3) is 11.8 Å². The van der Waals surface area contributed by atoms with Crippen molar-refractivity contribution in [2.24, 2.45) is 11.8 Å². The predicted octanol–water partition coefficient (Wildman–Crippen LogP) is 1.06. The number of imide groups is 1. The van der Waals surface area contributed by atoms with Gasteiger partial charge >= 0.3 is 6.03 Å². The summed E-state index contributed by atoms with van der Waals surface area (Å²) in [7, 11) is 0. The van der Waals surface area contributed by atoms with Gasteiger partial charge in [-0.05, 0) is 50.5 Å². The van der Waals surface area contributed by atoms with E-state index >= 15 is 0 Å². The quantitative estimate of drug-likeness (QED) is 0.610. The van der Waals surface area contributed by atoms with Gasteiger partial charge in [0.05, 0.1) is 13.1 Å². The second kappa shape index (κ2) is 8.76. The number of benzene rings is 1. The second-order valence-electron chi connectivity index (χ2n) is 9.40. The highest BCUT2D eigenvalue weighted by molar-refractivity contribution is 6.07. The van der Waals surface area contributed by atoms with Gasteiger partial charge in [0, 0.05) is 5.92 Å². The Morgan fingerprint density at radius 1 is 1.17 bits per heavy atom. The molecule has 0 radical (unpaired) electrons. The van der Waals surface area contributed by atoms with E-state index in [4.69, 9.17) is 0 Å². The molecule has 2 heterocycles. The molecule has 0 aromatic heterocycles. The maximum absolute atomic E-state index is 12.9. The summed E-state index contributed by atoms with van der Waals surface area (Å²) in [6.07, 6.45) is 7.56. The number of hydrogen-bond acceptors (Lipinski definition) is 3. The van der Waals surface area contributed by atoms with Gasteiger partial charge in [-0.3, -0.25) is 15.0 Å². The van der Waals surface area contributed by atoms with E-state index in [2.05, 4.69) is 10.7 Å². The number of urea groups is 1. The van der Waals surface area contributed by atoms with Crippen molar-refractivity contribution < 1.29 is 19.3 Å². The zero-order chi connectivity index (χ0) is 21.1. The van der Waals surface area contributed by atoms with Crippen LogP contribution < -0.4 is 15.6 Å². The number of fused-ring (bicyclic) bond motifs is 1. The molecule has 162 valence electrons. The van der Waals surface area contributed by atoms with Crippen molar-refractivity contribution in [3.8, 4) is 0 Å². The Kier molecular flexibility index (Phi) is 6.09. The third-order valence-corrected chi connectivity index (χ3v) is 7.15. The van der Waals surface area contributed by atoms with Gasteiger partial charge in [-0.1, -0.05) is 43.2 Å². The van der Waals surface area contributed by atoms with Crippen molar-refractivity contribution in [2.75, 3.05) is 19.6 Å². The highest BCUT2D eigenvalue weighted by atomic mass is 16.2. The molecule has 2 aliphatic heterocycles. The van der Waals surface area contributed by atoms with Crippen LogP contribution in [0.1, 0.15) is 51.0 Å². The number of carbonyl (C=O) groups is 3. The number of piperidine rings is 1. The summed E-state index contributed by atoms with van der Waals surface area (Å²) >= 11 is 0. The normalized spacial score (nSPS) is 31.2. The number of amides is 4. The number of quaternary nitrogens is 1. The number of rotatable bonds is 6. The average molecular weight is 414 g/mol. The molecule has 3 fully saturated rings. The minimum atomic E-state index is -1.01. The van der Waals surface area contributed by atoms with E-state index in [-0.39, 0.29) is 5.91 Å². The lowest BCUT2D eigenvalue weighted by Crippen LogP contribution is -3.15. The summed E-state index contributed by atoms with van der Waals surface area (Å²) in [5.74, 6) is 0.878. The first-order chi connectivity index (χ1) is 14.4. The standard InChI is InChI=1S/C23H32N4O3/c1-23(13-11-17-7-3-2-4-8-17)21(29)27(22(30)24-23)25-20(28)16-26-14-12-18-9-5-6-10-19(18)15-26/h2-4,7-8,18-19H,5-6,9-16H2,1H3,(H,24,30)(H,25,28)/p+1/t18-,19+,23+/m0/s1. The van der Waals surface area contributed by atoms with Crippen molar-refractivity contribution >= 4 is 17.8 Å². The van der Waals surface area contributed by atoms with Crippen molar-refractivity contribution in [3.05, 3.63) is 35.9 Å². The summed E-state index contributed by atoms with van der Waals surface area (Å²) in [4.78, 5) is 39.2. The van der Waals surface area contributed by atoms with Gasteiger partial charge in [0.1, 0.15) is 5.54 Å². The van der Waals surface area contributed by atoms with E-state index in [1.165, 1.54) is 37.0 Å². The Morgan fingerprint density at radius 2 is 1.90 bits per heavy atom. The van der Waals surface area contributed by atoms with Crippen LogP contribution in [0.15, 0.2) is 30.3 Å². The SMILES string of the molecule is C[C@]1(CCc2ccccc2)NC(=O)N(NC(=O)C[NH+]2CC[C@@H]3CCCC[C@@H]3C2)C1=O. The Hall–Kier alpha value is -2.41. The summed E-state index contributed by atoms with van der Waals surface area (Å²) in [5, 5.41) is 3.64. The molecule has 0 bridgehead atoms. The number of carbonyl (C=O) groups excluding carboxylic acids is 3. The molecule has 0 spiro atoms. The second-order valence-corrected chi connectivity index (χ2v) is 9.40. The van der Waals surface area contributed by atoms with Gasteiger partial charge in [-0.25, -0.2) is 4.79 Å². The van der Waals surface area contributed by atoms with E-state index < -0.39 is 17.5 Å². The molecule has 1 saturated carbocycles. The molecule has 1 unspecified atom stereocenters. The van der Waals surface area contributed by atoms with Gasteiger partial charge in [0.2, 0.25) is 0 Å². The van der Waals surface area contributed by atoms with Crippen LogP contribution in [0.4, 0.5) is 4.79 Å². The van der Waals surface area contributed by atoms with Crippen LogP contribution in [-0.4, -0.2) is 48.0 Å². The fourth-order valence-corrected chi connectivity index (χ4v) is 5.34. The molecule has 4 amide bonds. The van der Waals surface area contributed by atoms with E-state index in [0.29, 0.717) is 25.3 Å². The van der Waals surface area contributed by atoms with Crippen LogP contribution in [0, 0.1) is 11.8 Å². The van der Waals surface area contributed by atoms with Crippen LogP contribution in [-0.2, 0) is 16.0 Å². The molecule has 2 saturated heterocycles. The lowest BCUT2D eigenvalue weighted by molar-refractivity contribution is -0.902. The molecule has 30 heavy (non-hydrogen) atoms. The Bertz CT molecular complexity index is 799. The average Bonchev–Trinajstić information content (AvgIpc) is 2.96. The van der Waals surface area contributed by atoms with Crippen LogP contribution in [0.5, 0.6) is 0 Å². The molecule has 1 aliphatic carbocycles. The van der Waals surface area contributed by atoms with Gasteiger partial charge in [0.15, 0.2) is 6.54 Å². The smallest absolute Gasteiger partial charge is 0.327 e. The monoisotopic (exact) mass is 413 g/mol. The first-order valence-electron chi connectivity index (χ1n) is 11.3. The lowest BCUT2D eigenvalue weighted by Gasteiger charge is -2.38. The highest BCUT2D eigenvalue weighted by Crippen LogP contribution is 2.32. The van der Waals surface area contributed by atoms with E-state index in [9.17, 15) is 14.4 Å². The molecule has 1 aromatic rings. The molecule has 3 aliphatic rings. The zero-order valence-corrected chi connectivity index (χ0v) is 17.8. The zero-order valence-electron chi connectivity index (χ0n) is 17.8. The van der Waals surface area contributed by atoms with Gasteiger partial charge < -0.3 is 10.2 Å². The largest absolute Gasteiger partial charge is 0.344 e. The molecule has 4 rings (SSSR count). The topological polar surface area (TPSA) is 83.0 Å². The van der Waals surface area contributed by atoms with Gasteiger partial charge in [-0.2, -0.15) is 5.01 Å². The third-order valence-electron chi connectivity index (χ3n) is 7.15. The highest BCUT2D eigenvalue weighted by Gasteiger charge is 2.48. The number of aryl methyl sites for hydroxylation is 1. The minimum absolute atomic E-state index is 0.268. The number of nitrogens with one attached hydrogen (secondary N) is 3. The fourth-order valence-electron chi connectivity index (χ4n) is 5.34. The first kappa shape index (κ1) is 20.8. The van der Waals surface area contributed by atoms with Crippen molar-refractivity contribution in [2.45, 2.75) is 57.4 Å². The number of likely N-dealkylation sites (tertiary alicyclic amines) is 1. The van der Waals surface area contributed by atoms with Crippen LogP contribution >= 0.6 is 0 Å². The number of hydrogen-bond donors (Lipinski definition) is 3. The number of hydrazine groups is 1. The fraction of sp³-hybridized carbons (Fsp3) is 0.609. The maximum Gasteiger partial charge on any atom is 0.344 e. The Balaban J connectivity index is 1.30. The molecule has 7 nitrogen and oxygen atoms in total. The Morgan fingerprint density at radius 3 is 2.67 bits per heavy atom. The van der Waals surface area contributed by atoms with Gasteiger partial charge in [-0.15, -0.1) is 0 Å². The molecular formula is C23H33N4O3+. The molecule has 4 atom stereocenters. The summed E-state index contributed by atoms with van der Waals surface area (Å²) in [6.45, 7) is 4.04. The van der Waals surface area contributed by atoms with Crippen molar-refractivity contribution in [3.63, 3.8) is 0 Å². The Labute approximate surface area is 178 Å².